The van der Waals surface area contributed by atoms with Crippen molar-refractivity contribution in [2.24, 2.45) is 0 Å². The van der Waals surface area contributed by atoms with E-state index in [0.29, 0.717) is 21.8 Å². The van der Waals surface area contributed by atoms with Crippen molar-refractivity contribution < 1.29 is 9.73 Å². The molecule has 120 valence electrons. The highest BCUT2D eigenvalue weighted by atomic mass is 35.5. The van der Waals surface area contributed by atoms with E-state index in [1.54, 1.807) is 17.4 Å². The lowest BCUT2D eigenvalue weighted by Crippen LogP contribution is -2.85. The Bertz CT molecular complexity index is 788. The van der Waals surface area contributed by atoms with E-state index in [2.05, 4.69) is 22.4 Å². The summed E-state index contributed by atoms with van der Waals surface area (Å²) in [5.41, 5.74) is 1.03. The van der Waals surface area contributed by atoms with E-state index in [0.717, 1.165) is 10.4 Å². The number of hydrogen-bond donors (Lipinski definition) is 1. The highest BCUT2D eigenvalue weighted by Crippen LogP contribution is 2.26. The van der Waals surface area contributed by atoms with Crippen molar-refractivity contribution in [3.05, 3.63) is 57.2 Å². The van der Waals surface area contributed by atoms with Gasteiger partial charge in [0.05, 0.1) is 9.90 Å². The van der Waals surface area contributed by atoms with Crippen LogP contribution in [0.25, 0.3) is 10.8 Å². The Kier molecular flexibility index (Phi) is 5.02. The topological polar surface area (TPSA) is 55.5 Å². The fourth-order valence-corrected chi connectivity index (χ4v) is 3.63. The standard InChI is InChI=1S/C16H15Cl2N3OS/c1-9(12-6-5-11(17)8-13(12)18)19-10(2)15-20-21-16(22-15)14-4-3-7-23-14/h3-10,19H,1-2H3/p+1/t9-,10-/m1/s1. The van der Waals surface area contributed by atoms with Gasteiger partial charge in [-0.15, -0.1) is 21.5 Å². The van der Waals surface area contributed by atoms with Gasteiger partial charge in [-0.3, -0.25) is 0 Å². The maximum Gasteiger partial charge on any atom is 0.274 e. The van der Waals surface area contributed by atoms with E-state index in [4.69, 9.17) is 27.6 Å². The van der Waals surface area contributed by atoms with Gasteiger partial charge in [-0.1, -0.05) is 35.3 Å². The molecule has 3 rings (SSSR count). The van der Waals surface area contributed by atoms with Crippen LogP contribution < -0.4 is 5.32 Å². The maximum atomic E-state index is 6.27. The van der Waals surface area contributed by atoms with Crippen molar-refractivity contribution in [1.29, 1.82) is 0 Å². The Balaban J connectivity index is 1.72. The number of nitrogens with zero attached hydrogens (tertiary/aromatic N) is 2. The summed E-state index contributed by atoms with van der Waals surface area (Å²) >= 11 is 13.8. The lowest BCUT2D eigenvalue weighted by atomic mass is 10.1. The van der Waals surface area contributed by atoms with Crippen LogP contribution >= 0.6 is 34.5 Å². The zero-order valence-corrected chi connectivity index (χ0v) is 15.0. The van der Waals surface area contributed by atoms with Gasteiger partial charge in [-0.2, -0.15) is 0 Å². The molecule has 0 saturated carbocycles. The van der Waals surface area contributed by atoms with E-state index in [1.807, 2.05) is 36.6 Å². The summed E-state index contributed by atoms with van der Waals surface area (Å²) in [6.07, 6.45) is 0. The molecule has 1 aromatic carbocycles. The second-order valence-corrected chi connectivity index (χ2v) is 7.15. The molecular weight excluding hydrogens is 353 g/mol. The minimum Gasteiger partial charge on any atom is -0.414 e. The average Bonchev–Trinajstić information content (AvgIpc) is 3.18. The summed E-state index contributed by atoms with van der Waals surface area (Å²) < 4.78 is 5.78. The number of quaternary nitrogens is 1. The number of aromatic nitrogens is 2. The molecule has 0 unspecified atom stereocenters. The van der Waals surface area contributed by atoms with E-state index >= 15 is 0 Å². The fourth-order valence-electron chi connectivity index (χ4n) is 2.41. The van der Waals surface area contributed by atoms with Crippen LogP contribution in [0.4, 0.5) is 0 Å². The molecule has 23 heavy (non-hydrogen) atoms. The first-order valence-corrected chi connectivity index (χ1v) is 8.85. The predicted octanol–water partition coefficient (Wildman–Crippen LogP) is 4.49. The first-order chi connectivity index (χ1) is 11.0. The highest BCUT2D eigenvalue weighted by Gasteiger charge is 2.22. The van der Waals surface area contributed by atoms with Crippen LogP contribution in [0.15, 0.2) is 40.1 Å². The molecule has 4 nitrogen and oxygen atoms in total. The minimum absolute atomic E-state index is 0.0259. The molecular formula is C16H16Cl2N3OS+. The van der Waals surface area contributed by atoms with Crippen LogP contribution in [0, 0.1) is 0 Å². The van der Waals surface area contributed by atoms with E-state index in [9.17, 15) is 0 Å². The van der Waals surface area contributed by atoms with Gasteiger partial charge >= 0.3 is 0 Å². The van der Waals surface area contributed by atoms with Crippen LogP contribution in [0.5, 0.6) is 0 Å². The lowest BCUT2D eigenvalue weighted by molar-refractivity contribution is -0.730. The number of thiophene rings is 1. The molecule has 0 aliphatic heterocycles. The van der Waals surface area contributed by atoms with Crippen molar-refractivity contribution in [1.82, 2.24) is 10.2 Å². The van der Waals surface area contributed by atoms with Gasteiger partial charge in [0.1, 0.15) is 6.04 Å². The van der Waals surface area contributed by atoms with Gasteiger partial charge in [-0.05, 0) is 37.4 Å². The molecule has 2 atom stereocenters. The summed E-state index contributed by atoms with van der Waals surface area (Å²) in [5.74, 6) is 1.16. The van der Waals surface area contributed by atoms with Crippen LogP contribution in [0.1, 0.15) is 37.4 Å². The smallest absolute Gasteiger partial charge is 0.274 e. The highest BCUT2D eigenvalue weighted by molar-refractivity contribution is 7.13. The third-order valence-electron chi connectivity index (χ3n) is 3.59. The first-order valence-electron chi connectivity index (χ1n) is 7.22. The molecule has 0 radical (unpaired) electrons. The Hall–Kier alpha value is -1.40. The lowest BCUT2D eigenvalue weighted by Gasteiger charge is -2.15. The van der Waals surface area contributed by atoms with Crippen LogP contribution in [-0.2, 0) is 0 Å². The predicted molar refractivity (Wildman–Crippen MR) is 92.8 cm³/mol. The molecule has 0 amide bonds. The van der Waals surface area contributed by atoms with E-state index < -0.39 is 0 Å². The summed E-state index contributed by atoms with van der Waals surface area (Å²) in [4.78, 5) is 0.977. The molecule has 0 spiro atoms. The Morgan fingerprint density at radius 2 is 1.96 bits per heavy atom. The average molecular weight is 369 g/mol. The molecule has 0 saturated heterocycles. The zero-order valence-electron chi connectivity index (χ0n) is 12.7. The third-order valence-corrected chi connectivity index (χ3v) is 5.01. The largest absolute Gasteiger partial charge is 0.414 e. The molecule has 2 aromatic heterocycles. The molecule has 0 bridgehead atoms. The van der Waals surface area contributed by atoms with Gasteiger partial charge in [0.2, 0.25) is 0 Å². The molecule has 0 fully saturated rings. The number of hydrogen-bond acceptors (Lipinski definition) is 4. The fraction of sp³-hybridized carbons (Fsp3) is 0.250. The van der Waals surface area contributed by atoms with E-state index in [1.165, 1.54) is 0 Å². The Labute approximate surface area is 148 Å². The quantitative estimate of drug-likeness (QED) is 0.721. The number of benzene rings is 1. The second kappa shape index (κ2) is 7.01. The molecule has 0 aliphatic carbocycles. The molecule has 2 N–H and O–H groups in total. The molecule has 2 heterocycles. The number of halogens is 2. The SMILES string of the molecule is C[C@@H]([NH2+][C@H](C)c1ccc(Cl)cc1Cl)c1nnc(-c2cccs2)o1. The maximum absolute atomic E-state index is 6.27. The van der Waals surface area contributed by atoms with E-state index in [-0.39, 0.29) is 12.1 Å². The summed E-state index contributed by atoms with van der Waals surface area (Å²) in [5, 5.41) is 13.7. The van der Waals surface area contributed by atoms with Crippen molar-refractivity contribution in [2.75, 3.05) is 0 Å². The zero-order chi connectivity index (χ0) is 16.4. The molecule has 7 heteroatoms. The van der Waals surface area contributed by atoms with Gasteiger partial charge in [0.25, 0.3) is 11.8 Å². The molecule has 0 aliphatic rings. The van der Waals surface area contributed by atoms with Crippen molar-refractivity contribution in [2.45, 2.75) is 25.9 Å². The minimum atomic E-state index is 0.0259. The summed E-state index contributed by atoms with van der Waals surface area (Å²) in [6, 6.07) is 9.65. The van der Waals surface area contributed by atoms with Crippen molar-refractivity contribution in [3.63, 3.8) is 0 Å². The third kappa shape index (κ3) is 3.75. The Morgan fingerprint density at radius 3 is 2.65 bits per heavy atom. The van der Waals surface area contributed by atoms with Crippen molar-refractivity contribution >= 4 is 34.5 Å². The summed E-state index contributed by atoms with van der Waals surface area (Å²) in [7, 11) is 0. The van der Waals surface area contributed by atoms with Gasteiger partial charge in [0.15, 0.2) is 6.04 Å². The Morgan fingerprint density at radius 1 is 1.13 bits per heavy atom. The van der Waals surface area contributed by atoms with Gasteiger partial charge in [0, 0.05) is 10.6 Å². The number of rotatable bonds is 5. The normalized spacial score (nSPS) is 13.9. The van der Waals surface area contributed by atoms with Crippen molar-refractivity contribution in [3.8, 4) is 10.8 Å². The van der Waals surface area contributed by atoms with Crippen LogP contribution in [0.3, 0.4) is 0 Å². The van der Waals surface area contributed by atoms with Gasteiger partial charge in [-0.25, -0.2) is 0 Å². The molecule has 3 aromatic rings. The van der Waals surface area contributed by atoms with Crippen LogP contribution in [-0.4, -0.2) is 10.2 Å². The number of nitrogens with two attached hydrogens (primary N) is 1. The summed E-state index contributed by atoms with van der Waals surface area (Å²) in [6.45, 7) is 4.12. The second-order valence-electron chi connectivity index (χ2n) is 5.36. The van der Waals surface area contributed by atoms with Crippen LogP contribution in [0.2, 0.25) is 10.0 Å². The monoisotopic (exact) mass is 368 g/mol. The van der Waals surface area contributed by atoms with Gasteiger partial charge < -0.3 is 9.73 Å². The first kappa shape index (κ1) is 16.5.